The Morgan fingerprint density at radius 2 is 2.06 bits per heavy atom. The number of nitriles is 1. The molecule has 4 aromatic rings. The molecule has 1 saturated heterocycles. The number of halogens is 3. The van der Waals surface area contributed by atoms with Crippen molar-refractivity contribution in [1.29, 1.82) is 5.26 Å². The highest BCUT2D eigenvalue weighted by Crippen LogP contribution is 2.36. The molecule has 1 aliphatic heterocycles. The van der Waals surface area contributed by atoms with Crippen molar-refractivity contribution in [3.63, 3.8) is 0 Å². The van der Waals surface area contributed by atoms with Crippen molar-refractivity contribution in [2.45, 2.75) is 31.9 Å². The SMILES string of the molecule is C[C@@H](Oc1cc2c(-c3ccc(N4CC[C@H]4CC#N)nc3)n[nH]c2cc1F)c1c(Cl)cncc1Cl. The summed E-state index contributed by atoms with van der Waals surface area (Å²) in [7, 11) is 0. The number of rotatable bonds is 6. The first-order valence-electron chi connectivity index (χ1n) is 10.7. The predicted octanol–water partition coefficient (Wildman–Crippen LogP) is 6.10. The number of nitrogens with one attached hydrogen (secondary N) is 1. The summed E-state index contributed by atoms with van der Waals surface area (Å²) in [5.74, 6) is 0.340. The number of nitrogens with zero attached hydrogens (tertiary/aromatic N) is 5. The van der Waals surface area contributed by atoms with Gasteiger partial charge in [0, 0.05) is 53.8 Å². The van der Waals surface area contributed by atoms with Crippen LogP contribution in [0.4, 0.5) is 10.2 Å². The first-order valence-corrected chi connectivity index (χ1v) is 11.4. The molecule has 5 rings (SSSR count). The standard InChI is InChI=1S/C24H19Cl2FN6O/c1-13(23-17(25)11-29-12-18(23)26)34-21-8-16-20(9-19(21)27)31-32-24(16)14-2-3-22(30-10-14)33-7-5-15(33)4-6-28/h2-3,8-13,15H,4-5,7H2,1H3,(H,31,32)/t13-,15-/m1/s1. The van der Waals surface area contributed by atoms with Gasteiger partial charge in [0.25, 0.3) is 0 Å². The van der Waals surface area contributed by atoms with E-state index in [1.165, 1.54) is 18.5 Å². The van der Waals surface area contributed by atoms with E-state index in [4.69, 9.17) is 33.2 Å². The lowest BCUT2D eigenvalue weighted by Crippen LogP contribution is -2.48. The van der Waals surface area contributed by atoms with Crippen LogP contribution in [-0.4, -0.2) is 32.8 Å². The molecular weight excluding hydrogens is 478 g/mol. The van der Waals surface area contributed by atoms with Gasteiger partial charge in [-0.25, -0.2) is 9.37 Å². The number of ether oxygens (including phenoxy) is 1. The molecule has 34 heavy (non-hydrogen) atoms. The molecule has 1 aromatic carbocycles. The number of fused-ring (bicyclic) bond motifs is 1. The smallest absolute Gasteiger partial charge is 0.167 e. The molecule has 1 fully saturated rings. The average Bonchev–Trinajstić information content (AvgIpc) is 3.20. The summed E-state index contributed by atoms with van der Waals surface area (Å²) in [6.45, 7) is 2.62. The minimum Gasteiger partial charge on any atom is -0.483 e. The van der Waals surface area contributed by atoms with Crippen LogP contribution < -0.4 is 9.64 Å². The molecular formula is C24H19Cl2FN6O. The van der Waals surface area contributed by atoms with Gasteiger partial charge in [0.05, 0.1) is 28.1 Å². The molecule has 4 heterocycles. The lowest BCUT2D eigenvalue weighted by Gasteiger charge is -2.40. The van der Waals surface area contributed by atoms with Gasteiger partial charge < -0.3 is 9.64 Å². The van der Waals surface area contributed by atoms with Gasteiger partial charge in [-0.3, -0.25) is 10.1 Å². The minimum atomic E-state index is -0.607. The van der Waals surface area contributed by atoms with Crippen molar-refractivity contribution in [2.75, 3.05) is 11.4 Å². The highest BCUT2D eigenvalue weighted by molar-refractivity contribution is 6.35. The highest BCUT2D eigenvalue weighted by atomic mass is 35.5. The van der Waals surface area contributed by atoms with Crippen LogP contribution in [0.2, 0.25) is 10.0 Å². The Morgan fingerprint density at radius 1 is 1.26 bits per heavy atom. The average molecular weight is 497 g/mol. The van der Waals surface area contributed by atoms with Crippen molar-refractivity contribution >= 4 is 39.9 Å². The van der Waals surface area contributed by atoms with E-state index in [1.807, 2.05) is 12.1 Å². The van der Waals surface area contributed by atoms with E-state index >= 15 is 0 Å². The highest BCUT2D eigenvalue weighted by Gasteiger charge is 2.28. The lowest BCUT2D eigenvalue weighted by molar-refractivity contribution is 0.217. The zero-order valence-corrected chi connectivity index (χ0v) is 19.6. The Bertz CT molecular complexity index is 1380. The van der Waals surface area contributed by atoms with Crippen LogP contribution in [0.1, 0.15) is 31.4 Å². The van der Waals surface area contributed by atoms with E-state index in [1.54, 1.807) is 19.2 Å². The summed E-state index contributed by atoms with van der Waals surface area (Å²) in [5.41, 5.74) is 2.47. The maximum atomic E-state index is 14.8. The zero-order valence-electron chi connectivity index (χ0n) is 18.1. The van der Waals surface area contributed by atoms with Crippen molar-refractivity contribution in [3.8, 4) is 23.1 Å². The fraction of sp³-hybridized carbons (Fsp3) is 0.250. The molecule has 10 heteroatoms. The van der Waals surface area contributed by atoms with Gasteiger partial charge in [-0.05, 0) is 31.5 Å². The van der Waals surface area contributed by atoms with Crippen LogP contribution >= 0.6 is 23.2 Å². The van der Waals surface area contributed by atoms with Crippen LogP contribution in [0, 0.1) is 17.1 Å². The number of aromatic amines is 1. The van der Waals surface area contributed by atoms with Gasteiger partial charge in [0.1, 0.15) is 17.6 Å². The Balaban J connectivity index is 1.44. The van der Waals surface area contributed by atoms with Crippen LogP contribution in [0.5, 0.6) is 5.75 Å². The Labute approximate surface area is 205 Å². The summed E-state index contributed by atoms with van der Waals surface area (Å²) in [6.07, 6.45) is 5.53. The molecule has 0 bridgehead atoms. The van der Waals surface area contributed by atoms with Gasteiger partial charge >= 0.3 is 0 Å². The maximum Gasteiger partial charge on any atom is 0.167 e. The van der Waals surface area contributed by atoms with E-state index in [0.717, 1.165) is 24.3 Å². The van der Waals surface area contributed by atoms with E-state index in [-0.39, 0.29) is 11.8 Å². The molecule has 2 atom stereocenters. The first-order chi connectivity index (χ1) is 16.5. The summed E-state index contributed by atoms with van der Waals surface area (Å²) in [5, 5.41) is 17.6. The van der Waals surface area contributed by atoms with Crippen LogP contribution in [-0.2, 0) is 0 Å². The van der Waals surface area contributed by atoms with Gasteiger partial charge in [-0.2, -0.15) is 10.4 Å². The van der Waals surface area contributed by atoms with Gasteiger partial charge in [-0.1, -0.05) is 23.2 Å². The fourth-order valence-corrected chi connectivity index (χ4v) is 4.82. The summed E-state index contributed by atoms with van der Waals surface area (Å²) >= 11 is 12.5. The molecule has 0 saturated carbocycles. The molecule has 1 N–H and O–H groups in total. The number of anilines is 1. The monoisotopic (exact) mass is 496 g/mol. The summed E-state index contributed by atoms with van der Waals surface area (Å²) in [4.78, 5) is 10.6. The number of pyridine rings is 2. The Hall–Kier alpha value is -3.41. The zero-order chi connectivity index (χ0) is 23.8. The molecule has 0 amide bonds. The van der Waals surface area contributed by atoms with Crippen molar-refractivity contribution in [1.82, 2.24) is 20.2 Å². The number of benzene rings is 1. The second kappa shape index (κ2) is 9.09. The lowest BCUT2D eigenvalue weighted by atomic mass is 10.0. The minimum absolute atomic E-state index is 0.0519. The van der Waals surface area contributed by atoms with Crippen molar-refractivity contribution < 1.29 is 9.13 Å². The second-order valence-corrected chi connectivity index (χ2v) is 8.89. The van der Waals surface area contributed by atoms with Crippen molar-refractivity contribution in [2.24, 2.45) is 0 Å². The van der Waals surface area contributed by atoms with Crippen LogP contribution in [0.3, 0.4) is 0 Å². The third-order valence-corrected chi connectivity index (χ3v) is 6.60. The largest absolute Gasteiger partial charge is 0.483 e. The number of aromatic nitrogens is 4. The second-order valence-electron chi connectivity index (χ2n) is 8.08. The maximum absolute atomic E-state index is 14.8. The molecule has 7 nitrogen and oxygen atoms in total. The number of hydrogen-bond acceptors (Lipinski definition) is 6. The Kier molecular flexibility index (Phi) is 5.98. The molecule has 0 unspecified atom stereocenters. The molecule has 172 valence electrons. The van der Waals surface area contributed by atoms with Gasteiger partial charge in [0.2, 0.25) is 0 Å². The first kappa shape index (κ1) is 22.4. The third-order valence-electron chi connectivity index (χ3n) is 6.00. The third kappa shape index (κ3) is 4.02. The molecule has 3 aromatic heterocycles. The number of hydrogen-bond donors (Lipinski definition) is 1. The van der Waals surface area contributed by atoms with E-state index in [0.29, 0.717) is 38.6 Å². The summed E-state index contributed by atoms with van der Waals surface area (Å²) < 4.78 is 20.7. The molecule has 0 spiro atoms. The molecule has 1 aliphatic rings. The molecule has 0 radical (unpaired) electrons. The fourth-order valence-electron chi connectivity index (χ4n) is 4.14. The van der Waals surface area contributed by atoms with E-state index < -0.39 is 11.9 Å². The van der Waals surface area contributed by atoms with Gasteiger partial charge in [0.15, 0.2) is 11.6 Å². The van der Waals surface area contributed by atoms with Crippen LogP contribution in [0.15, 0.2) is 42.9 Å². The van der Waals surface area contributed by atoms with E-state index in [9.17, 15) is 4.39 Å². The predicted molar refractivity (Wildman–Crippen MR) is 129 cm³/mol. The number of H-pyrrole nitrogens is 1. The van der Waals surface area contributed by atoms with Gasteiger partial charge in [-0.15, -0.1) is 0 Å². The normalized spacial score (nSPS) is 16.2. The molecule has 0 aliphatic carbocycles. The van der Waals surface area contributed by atoms with E-state index in [2.05, 4.69) is 31.1 Å². The topological polar surface area (TPSA) is 90.7 Å². The quantitative estimate of drug-likeness (QED) is 0.346. The Morgan fingerprint density at radius 3 is 2.71 bits per heavy atom. The van der Waals surface area contributed by atoms with Crippen molar-refractivity contribution in [3.05, 3.63) is 64.3 Å². The van der Waals surface area contributed by atoms with Crippen LogP contribution in [0.25, 0.3) is 22.2 Å². The summed E-state index contributed by atoms with van der Waals surface area (Å²) in [6, 6.07) is 9.21.